The van der Waals surface area contributed by atoms with E-state index in [2.05, 4.69) is 24.3 Å². The van der Waals surface area contributed by atoms with E-state index in [-0.39, 0.29) is 5.54 Å². The van der Waals surface area contributed by atoms with Gasteiger partial charge in [0.05, 0.1) is 13.2 Å². The van der Waals surface area contributed by atoms with Crippen LogP contribution in [0.25, 0.3) is 0 Å². The third-order valence-corrected chi connectivity index (χ3v) is 3.54. The highest BCUT2D eigenvalue weighted by molar-refractivity contribution is 5.28. The molecule has 1 saturated heterocycles. The molecule has 1 aromatic carbocycles. The van der Waals surface area contributed by atoms with Crippen LogP contribution >= 0.6 is 0 Å². The molecule has 2 aliphatic rings. The topological polar surface area (TPSA) is 35.2 Å². The Hall–Kier alpha value is -0.860. The average Bonchev–Trinajstić information content (AvgIpc) is 2.84. The van der Waals surface area contributed by atoms with Crippen molar-refractivity contribution in [1.29, 1.82) is 0 Å². The predicted molar refractivity (Wildman–Crippen MR) is 59.9 cm³/mol. The second-order valence-electron chi connectivity index (χ2n) is 5.02. The first-order valence-corrected chi connectivity index (χ1v) is 5.71. The van der Waals surface area contributed by atoms with E-state index in [1.807, 2.05) is 0 Å². The summed E-state index contributed by atoms with van der Waals surface area (Å²) >= 11 is 0. The van der Waals surface area contributed by atoms with Gasteiger partial charge in [0.2, 0.25) is 0 Å². The molecule has 1 aromatic rings. The summed E-state index contributed by atoms with van der Waals surface area (Å²) in [6.45, 7) is 1.78. The Bertz CT molecular complexity index is 349. The second-order valence-corrected chi connectivity index (χ2v) is 5.02. The summed E-state index contributed by atoms with van der Waals surface area (Å²) in [5, 5.41) is 0. The fourth-order valence-electron chi connectivity index (χ4n) is 2.08. The highest BCUT2D eigenvalue weighted by atomic mass is 16.5. The first-order chi connectivity index (χ1) is 7.25. The standard InChI is InChI=1S/C13H17NO/c14-13(5-6-13)7-10-1-3-11(4-2-10)12-8-15-9-12/h1-4,12H,5-9,14H2. The molecule has 0 bridgehead atoms. The number of benzene rings is 1. The van der Waals surface area contributed by atoms with Gasteiger partial charge in [-0.2, -0.15) is 0 Å². The van der Waals surface area contributed by atoms with Crippen molar-refractivity contribution >= 4 is 0 Å². The van der Waals surface area contributed by atoms with Gasteiger partial charge in [-0.1, -0.05) is 24.3 Å². The van der Waals surface area contributed by atoms with Gasteiger partial charge < -0.3 is 10.5 Å². The molecule has 1 aliphatic heterocycles. The third kappa shape index (κ3) is 1.92. The Labute approximate surface area is 90.4 Å². The molecule has 0 aromatic heterocycles. The highest BCUT2D eigenvalue weighted by Crippen LogP contribution is 2.35. The Morgan fingerprint density at radius 3 is 2.33 bits per heavy atom. The van der Waals surface area contributed by atoms with E-state index in [1.54, 1.807) is 0 Å². The lowest BCUT2D eigenvalue weighted by molar-refractivity contribution is 0.00841. The van der Waals surface area contributed by atoms with Crippen LogP contribution in [-0.4, -0.2) is 18.8 Å². The maximum absolute atomic E-state index is 6.09. The lowest BCUT2D eigenvalue weighted by atomic mass is 9.95. The Morgan fingerprint density at radius 1 is 1.20 bits per heavy atom. The zero-order valence-electron chi connectivity index (χ0n) is 8.91. The zero-order chi connectivity index (χ0) is 10.3. The average molecular weight is 203 g/mol. The van der Waals surface area contributed by atoms with Gasteiger partial charge in [0, 0.05) is 11.5 Å². The zero-order valence-corrected chi connectivity index (χ0v) is 8.91. The summed E-state index contributed by atoms with van der Waals surface area (Å²) in [4.78, 5) is 0. The number of hydrogen-bond acceptors (Lipinski definition) is 2. The molecule has 1 heterocycles. The van der Waals surface area contributed by atoms with Crippen LogP contribution in [0, 0.1) is 0 Å². The van der Waals surface area contributed by atoms with E-state index in [0.717, 1.165) is 19.6 Å². The lowest BCUT2D eigenvalue weighted by Crippen LogP contribution is -2.25. The van der Waals surface area contributed by atoms with E-state index >= 15 is 0 Å². The number of hydrogen-bond donors (Lipinski definition) is 1. The van der Waals surface area contributed by atoms with Crippen molar-refractivity contribution in [2.75, 3.05) is 13.2 Å². The quantitative estimate of drug-likeness (QED) is 0.813. The van der Waals surface area contributed by atoms with Gasteiger partial charge in [-0.25, -0.2) is 0 Å². The molecule has 3 rings (SSSR count). The highest BCUT2D eigenvalue weighted by Gasteiger charge is 2.37. The number of ether oxygens (including phenoxy) is 1. The molecule has 80 valence electrons. The SMILES string of the molecule is NC1(Cc2ccc(C3COC3)cc2)CC1. The molecule has 2 fully saturated rings. The summed E-state index contributed by atoms with van der Waals surface area (Å²) < 4.78 is 5.19. The first-order valence-electron chi connectivity index (χ1n) is 5.71. The van der Waals surface area contributed by atoms with Crippen LogP contribution in [0.2, 0.25) is 0 Å². The fraction of sp³-hybridized carbons (Fsp3) is 0.538. The minimum atomic E-state index is 0.126. The third-order valence-electron chi connectivity index (χ3n) is 3.54. The molecule has 0 spiro atoms. The van der Waals surface area contributed by atoms with Crippen LogP contribution in [0.1, 0.15) is 29.9 Å². The van der Waals surface area contributed by atoms with E-state index in [4.69, 9.17) is 10.5 Å². The van der Waals surface area contributed by atoms with Crippen LogP contribution in [0.3, 0.4) is 0 Å². The molecule has 2 heteroatoms. The van der Waals surface area contributed by atoms with Crippen molar-refractivity contribution in [3.63, 3.8) is 0 Å². The van der Waals surface area contributed by atoms with Gasteiger partial charge in [-0.05, 0) is 30.4 Å². The Kier molecular flexibility index (Phi) is 2.08. The van der Waals surface area contributed by atoms with Crippen molar-refractivity contribution in [2.24, 2.45) is 5.73 Å². The van der Waals surface area contributed by atoms with Crippen molar-refractivity contribution in [3.8, 4) is 0 Å². The van der Waals surface area contributed by atoms with Crippen molar-refractivity contribution in [2.45, 2.75) is 30.7 Å². The molecule has 2 nitrogen and oxygen atoms in total. The van der Waals surface area contributed by atoms with Crippen LogP contribution in [0.5, 0.6) is 0 Å². The van der Waals surface area contributed by atoms with Crippen molar-refractivity contribution < 1.29 is 4.74 Å². The van der Waals surface area contributed by atoms with Gasteiger partial charge in [-0.15, -0.1) is 0 Å². The smallest absolute Gasteiger partial charge is 0.0557 e. The molecular weight excluding hydrogens is 186 g/mol. The maximum atomic E-state index is 6.09. The van der Waals surface area contributed by atoms with Gasteiger partial charge in [0.1, 0.15) is 0 Å². The van der Waals surface area contributed by atoms with Crippen LogP contribution < -0.4 is 5.73 Å². The largest absolute Gasteiger partial charge is 0.380 e. The van der Waals surface area contributed by atoms with Gasteiger partial charge in [-0.3, -0.25) is 0 Å². The fourth-order valence-corrected chi connectivity index (χ4v) is 2.08. The molecule has 0 unspecified atom stereocenters. The molecule has 15 heavy (non-hydrogen) atoms. The van der Waals surface area contributed by atoms with Crippen LogP contribution in [-0.2, 0) is 11.2 Å². The molecule has 2 N–H and O–H groups in total. The van der Waals surface area contributed by atoms with Crippen LogP contribution in [0.4, 0.5) is 0 Å². The summed E-state index contributed by atoms with van der Waals surface area (Å²) in [5.41, 5.74) is 9.00. The van der Waals surface area contributed by atoms with E-state index in [9.17, 15) is 0 Å². The summed E-state index contributed by atoms with van der Waals surface area (Å²) in [7, 11) is 0. The molecule has 1 saturated carbocycles. The normalized spacial score (nSPS) is 23.5. The van der Waals surface area contributed by atoms with E-state index < -0.39 is 0 Å². The first kappa shape index (κ1) is 9.37. The van der Waals surface area contributed by atoms with Crippen LogP contribution in [0.15, 0.2) is 24.3 Å². The summed E-state index contributed by atoms with van der Waals surface area (Å²) in [6, 6.07) is 8.91. The van der Waals surface area contributed by atoms with Crippen molar-refractivity contribution in [3.05, 3.63) is 35.4 Å². The minimum Gasteiger partial charge on any atom is -0.380 e. The minimum absolute atomic E-state index is 0.126. The van der Waals surface area contributed by atoms with E-state index in [1.165, 1.54) is 24.0 Å². The van der Waals surface area contributed by atoms with Crippen molar-refractivity contribution in [1.82, 2.24) is 0 Å². The number of nitrogens with two attached hydrogens (primary N) is 1. The lowest BCUT2D eigenvalue weighted by Gasteiger charge is -2.26. The molecular formula is C13H17NO. The Balaban J connectivity index is 1.69. The molecule has 0 amide bonds. The second kappa shape index (κ2) is 3.32. The van der Waals surface area contributed by atoms with Gasteiger partial charge in [0.15, 0.2) is 0 Å². The Morgan fingerprint density at radius 2 is 1.87 bits per heavy atom. The van der Waals surface area contributed by atoms with E-state index in [0.29, 0.717) is 5.92 Å². The monoisotopic (exact) mass is 203 g/mol. The summed E-state index contributed by atoms with van der Waals surface area (Å²) in [6.07, 6.45) is 3.41. The molecule has 0 atom stereocenters. The van der Waals surface area contributed by atoms with Gasteiger partial charge in [0.25, 0.3) is 0 Å². The van der Waals surface area contributed by atoms with Gasteiger partial charge >= 0.3 is 0 Å². The number of rotatable bonds is 3. The maximum Gasteiger partial charge on any atom is 0.0557 e. The summed E-state index contributed by atoms with van der Waals surface area (Å²) in [5.74, 6) is 0.631. The predicted octanol–water partition coefficient (Wildman–Crippen LogP) is 1.83. The molecule has 0 radical (unpaired) electrons. The molecule has 1 aliphatic carbocycles.